The highest BCUT2D eigenvalue weighted by Crippen LogP contribution is 2.30. The summed E-state index contributed by atoms with van der Waals surface area (Å²) in [5, 5.41) is 17.4. The average Bonchev–Trinajstić information content (AvgIpc) is 3.33. The normalized spacial score (nSPS) is 20.0. The van der Waals surface area contributed by atoms with Gasteiger partial charge in [0.15, 0.2) is 0 Å². The number of anilines is 1. The minimum absolute atomic E-state index is 0.231. The van der Waals surface area contributed by atoms with Crippen molar-refractivity contribution < 1.29 is 9.68 Å². The summed E-state index contributed by atoms with van der Waals surface area (Å²) < 4.78 is 3.75. The smallest absolute Gasteiger partial charge is 0.328 e. The third-order valence-corrected chi connectivity index (χ3v) is 5.41. The largest absolute Gasteiger partial charge is 0.396 e. The second-order valence-corrected chi connectivity index (χ2v) is 7.35. The molecule has 0 saturated heterocycles. The van der Waals surface area contributed by atoms with Gasteiger partial charge in [0.05, 0.1) is 19.3 Å². The molecule has 2 radical (unpaired) electrons. The Morgan fingerprint density at radius 2 is 2.29 bits per heavy atom. The van der Waals surface area contributed by atoms with Crippen LogP contribution in [0.25, 0.3) is 5.65 Å². The molecule has 3 aromatic rings. The van der Waals surface area contributed by atoms with Crippen LogP contribution in [0, 0.1) is 11.8 Å². The fourth-order valence-corrected chi connectivity index (χ4v) is 3.82. The summed E-state index contributed by atoms with van der Waals surface area (Å²) in [6.45, 7) is 0.851. The molecule has 1 unspecified atom stereocenters. The lowest BCUT2D eigenvalue weighted by Crippen LogP contribution is -2.18. The highest BCUT2D eigenvalue weighted by atomic mass is 16.3. The maximum absolute atomic E-state index is 9.59. The van der Waals surface area contributed by atoms with Gasteiger partial charge in [0.25, 0.3) is 5.65 Å². The predicted octanol–water partition coefficient (Wildman–Crippen LogP) is 1.28. The predicted molar refractivity (Wildman–Crippen MR) is 110 cm³/mol. The summed E-state index contributed by atoms with van der Waals surface area (Å²) in [7, 11) is 8.07. The first-order valence-corrected chi connectivity index (χ1v) is 9.61. The molecule has 28 heavy (non-hydrogen) atoms. The van der Waals surface area contributed by atoms with Gasteiger partial charge >= 0.3 is 5.82 Å². The lowest BCUT2D eigenvalue weighted by molar-refractivity contribution is -0.406. The number of hydrogen-bond acceptors (Lipinski definition) is 5. The van der Waals surface area contributed by atoms with Crippen LogP contribution in [0.1, 0.15) is 24.8 Å². The van der Waals surface area contributed by atoms with E-state index in [9.17, 15) is 5.11 Å². The number of pyridine rings is 1. The quantitative estimate of drug-likeness (QED) is 0.386. The lowest BCUT2D eigenvalue weighted by atomic mass is 9.98. The average molecular weight is 375 g/mol. The van der Waals surface area contributed by atoms with Crippen molar-refractivity contribution in [3.05, 3.63) is 42.4 Å². The number of nitrogens with one attached hydrogen (secondary N) is 1. The van der Waals surface area contributed by atoms with Crippen molar-refractivity contribution in [3.8, 4) is 0 Å². The van der Waals surface area contributed by atoms with Crippen LogP contribution in [-0.4, -0.2) is 57.0 Å². The van der Waals surface area contributed by atoms with E-state index in [-0.39, 0.29) is 6.61 Å². The van der Waals surface area contributed by atoms with Gasteiger partial charge in [0.2, 0.25) is 0 Å². The van der Waals surface area contributed by atoms with E-state index >= 15 is 0 Å². The topological polar surface area (TPSA) is 78.3 Å². The molecular formula is C20H24BN6O+. The highest BCUT2D eigenvalue weighted by Gasteiger charge is 2.27. The first kappa shape index (κ1) is 18.6. The molecule has 4 rings (SSSR count). The van der Waals surface area contributed by atoms with Gasteiger partial charge in [-0.25, -0.2) is 4.58 Å². The van der Waals surface area contributed by atoms with Crippen molar-refractivity contribution in [2.45, 2.75) is 25.8 Å². The summed E-state index contributed by atoms with van der Waals surface area (Å²) >= 11 is 0. The summed E-state index contributed by atoms with van der Waals surface area (Å²) in [4.78, 5) is 8.85. The standard InChI is InChI=1S/C20H24BN6O/c1-26(12-15-5-2-6-16(15)13-28)19-8-18(23-10-14-4-3-7-22-9-14)27-20(25-19)17(21)11-24-27/h3-4,7-9,11-12,15-16,23,28H,2,5-6,10,13H2,1H3/q+1/t15?,16-/m1/s1. The molecule has 1 fully saturated rings. The van der Waals surface area contributed by atoms with Gasteiger partial charge < -0.3 is 10.4 Å². The van der Waals surface area contributed by atoms with E-state index in [0.717, 1.165) is 36.5 Å². The molecule has 7 nitrogen and oxygen atoms in total. The fourth-order valence-electron chi connectivity index (χ4n) is 3.82. The minimum atomic E-state index is 0.231. The van der Waals surface area contributed by atoms with Crippen LogP contribution >= 0.6 is 0 Å². The number of fused-ring (bicyclic) bond motifs is 1. The molecule has 0 aromatic carbocycles. The van der Waals surface area contributed by atoms with Crippen LogP contribution < -0.4 is 10.8 Å². The number of hydrogen-bond donors (Lipinski definition) is 2. The van der Waals surface area contributed by atoms with Gasteiger partial charge in [-0.15, -0.1) is 0 Å². The molecule has 3 heterocycles. The van der Waals surface area contributed by atoms with Gasteiger partial charge in [-0.1, -0.05) is 12.5 Å². The molecule has 1 saturated carbocycles. The molecule has 2 N–H and O–H groups in total. The Morgan fingerprint density at radius 3 is 3.07 bits per heavy atom. The van der Waals surface area contributed by atoms with E-state index in [1.807, 2.05) is 36.0 Å². The van der Waals surface area contributed by atoms with Crippen LogP contribution in [0.3, 0.4) is 0 Å². The van der Waals surface area contributed by atoms with Gasteiger partial charge in [0, 0.05) is 37.7 Å². The number of nitrogens with zero attached hydrogens (tertiary/aromatic N) is 5. The minimum Gasteiger partial charge on any atom is -0.396 e. The van der Waals surface area contributed by atoms with E-state index < -0.39 is 0 Å². The van der Waals surface area contributed by atoms with Crippen molar-refractivity contribution >= 4 is 36.8 Å². The van der Waals surface area contributed by atoms with Gasteiger partial charge in [-0.2, -0.15) is 9.61 Å². The Labute approximate surface area is 165 Å². The third kappa shape index (κ3) is 3.78. The summed E-state index contributed by atoms with van der Waals surface area (Å²) in [5.74, 6) is 2.29. The molecule has 0 spiro atoms. The Morgan fingerprint density at radius 1 is 1.39 bits per heavy atom. The SMILES string of the molecule is [B]c1cnn2c(NCc3cccnc3)cc([N+](C)=CC3CCC[C@@H]3CO)nc12. The molecule has 1 aliphatic rings. The van der Waals surface area contributed by atoms with Crippen LogP contribution in [-0.2, 0) is 6.54 Å². The van der Waals surface area contributed by atoms with Gasteiger partial charge in [0.1, 0.15) is 13.7 Å². The number of aromatic nitrogens is 4. The Kier molecular flexibility index (Phi) is 5.39. The zero-order chi connectivity index (χ0) is 19.5. The maximum atomic E-state index is 9.59. The number of aliphatic hydroxyl groups is 1. The summed E-state index contributed by atoms with van der Waals surface area (Å²) in [6, 6.07) is 5.90. The van der Waals surface area contributed by atoms with Crippen LogP contribution in [0.5, 0.6) is 0 Å². The molecule has 1 aliphatic carbocycles. The van der Waals surface area contributed by atoms with Crippen LogP contribution in [0.4, 0.5) is 11.6 Å². The van der Waals surface area contributed by atoms with Crippen LogP contribution in [0.15, 0.2) is 36.8 Å². The zero-order valence-electron chi connectivity index (χ0n) is 16.0. The molecule has 0 aliphatic heterocycles. The van der Waals surface area contributed by atoms with Crippen molar-refractivity contribution in [1.82, 2.24) is 19.6 Å². The number of rotatable bonds is 6. The molecular weight excluding hydrogens is 351 g/mol. The second kappa shape index (κ2) is 8.10. The van der Waals surface area contributed by atoms with E-state index in [0.29, 0.717) is 29.5 Å². The summed E-state index contributed by atoms with van der Waals surface area (Å²) in [5.41, 5.74) is 2.23. The lowest BCUT2D eigenvalue weighted by Gasteiger charge is -2.12. The van der Waals surface area contributed by atoms with Gasteiger partial charge in [-0.05, 0) is 40.8 Å². The monoisotopic (exact) mass is 375 g/mol. The maximum Gasteiger partial charge on any atom is 0.328 e. The fraction of sp³-hybridized carbons (Fsp3) is 0.400. The zero-order valence-corrected chi connectivity index (χ0v) is 16.0. The van der Waals surface area contributed by atoms with E-state index in [4.69, 9.17) is 12.8 Å². The summed E-state index contributed by atoms with van der Waals surface area (Å²) in [6.07, 6.45) is 10.7. The van der Waals surface area contributed by atoms with Crippen molar-refractivity contribution in [3.63, 3.8) is 0 Å². The van der Waals surface area contributed by atoms with Crippen LogP contribution in [0.2, 0.25) is 0 Å². The van der Waals surface area contributed by atoms with E-state index in [1.54, 1.807) is 16.9 Å². The third-order valence-electron chi connectivity index (χ3n) is 5.41. The molecule has 8 heteroatoms. The number of aliphatic hydroxyl groups excluding tert-OH is 1. The first-order valence-electron chi connectivity index (χ1n) is 9.61. The Balaban J connectivity index is 1.66. The van der Waals surface area contributed by atoms with Crippen molar-refractivity contribution in [2.75, 3.05) is 19.0 Å². The van der Waals surface area contributed by atoms with E-state index in [1.165, 1.54) is 0 Å². The molecule has 142 valence electrons. The molecule has 0 bridgehead atoms. The first-order chi connectivity index (χ1) is 13.7. The second-order valence-electron chi connectivity index (χ2n) is 7.35. The van der Waals surface area contributed by atoms with Crippen molar-refractivity contribution in [2.24, 2.45) is 11.8 Å². The molecule has 2 atom stereocenters. The van der Waals surface area contributed by atoms with Gasteiger partial charge in [-0.3, -0.25) is 4.98 Å². The Hall–Kier alpha value is -2.74. The molecule has 3 aromatic heterocycles. The highest BCUT2D eigenvalue weighted by molar-refractivity contribution is 6.36. The van der Waals surface area contributed by atoms with Crippen molar-refractivity contribution in [1.29, 1.82) is 0 Å². The van der Waals surface area contributed by atoms with E-state index in [2.05, 4.69) is 21.6 Å². The Bertz CT molecular complexity index is 987. The molecule has 0 amide bonds.